The molecule has 3 heterocycles. The molecule has 2 aromatic heterocycles. The Kier molecular flexibility index (Phi) is 6.00. The van der Waals surface area contributed by atoms with Crippen molar-refractivity contribution < 1.29 is 13.9 Å². The van der Waals surface area contributed by atoms with Crippen LogP contribution in [0.1, 0.15) is 31.0 Å². The van der Waals surface area contributed by atoms with Crippen LogP contribution in [-0.4, -0.2) is 27.3 Å². The number of carbonyl (C=O) groups is 1. The number of aromatic amines is 1. The van der Waals surface area contributed by atoms with Crippen LogP contribution in [0.3, 0.4) is 0 Å². The fourth-order valence-corrected chi connectivity index (χ4v) is 5.17. The first kappa shape index (κ1) is 22.7. The van der Waals surface area contributed by atoms with Gasteiger partial charge in [0.1, 0.15) is 5.82 Å². The van der Waals surface area contributed by atoms with Gasteiger partial charge >= 0.3 is 5.97 Å². The lowest BCUT2D eigenvalue weighted by atomic mass is 9.96. The summed E-state index contributed by atoms with van der Waals surface area (Å²) < 4.78 is 20.9. The molecule has 2 aromatic carbocycles. The molecule has 176 valence electrons. The van der Waals surface area contributed by atoms with E-state index in [0.29, 0.717) is 20.6 Å². The second kappa shape index (κ2) is 9.27. The Morgan fingerprint density at radius 3 is 2.66 bits per heavy atom. The Labute approximate surface area is 203 Å². The summed E-state index contributed by atoms with van der Waals surface area (Å²) in [7, 11) is 0. The topological polar surface area (TPSA) is 89.3 Å². The van der Waals surface area contributed by atoms with Gasteiger partial charge in [-0.2, -0.15) is 5.10 Å². The minimum atomic E-state index is -0.786. The van der Waals surface area contributed by atoms with E-state index in [1.165, 1.54) is 28.0 Å². The number of esters is 1. The van der Waals surface area contributed by atoms with Gasteiger partial charge in [0.15, 0.2) is 4.80 Å². The monoisotopic (exact) mass is 488 g/mol. The predicted octanol–water partition coefficient (Wildman–Crippen LogP) is 3.33. The van der Waals surface area contributed by atoms with Crippen molar-refractivity contribution in [2.75, 3.05) is 6.61 Å². The highest BCUT2D eigenvalue weighted by molar-refractivity contribution is 7.07. The highest BCUT2D eigenvalue weighted by atomic mass is 32.1. The van der Waals surface area contributed by atoms with Crippen LogP contribution in [-0.2, 0) is 9.53 Å². The second-order valence-corrected chi connectivity index (χ2v) is 8.93. The third-order valence-electron chi connectivity index (χ3n) is 5.72. The van der Waals surface area contributed by atoms with Gasteiger partial charge in [-0.15, -0.1) is 0 Å². The Morgan fingerprint density at radius 1 is 1.20 bits per heavy atom. The van der Waals surface area contributed by atoms with E-state index in [1.54, 1.807) is 38.3 Å². The molecule has 0 bridgehead atoms. The number of fused-ring (bicyclic) bond motifs is 1. The van der Waals surface area contributed by atoms with Crippen LogP contribution in [0, 0.1) is 5.82 Å². The van der Waals surface area contributed by atoms with E-state index in [9.17, 15) is 14.0 Å². The number of halogens is 1. The Hall–Kier alpha value is -4.11. The summed E-state index contributed by atoms with van der Waals surface area (Å²) >= 11 is 1.22. The summed E-state index contributed by atoms with van der Waals surface area (Å²) in [6.07, 6.45) is 3.42. The number of aromatic nitrogens is 3. The summed E-state index contributed by atoms with van der Waals surface area (Å²) in [5.41, 5.74) is 3.47. The SMILES string of the molecule is CCOC(=O)C1=C(C)N=c2s/c(=C/c3cn[nH]c3-c3ccccc3)c(=O)n2C1c1ccc(F)cc1. The maximum atomic E-state index is 13.7. The number of hydrogen-bond acceptors (Lipinski definition) is 6. The van der Waals surface area contributed by atoms with Gasteiger partial charge in [-0.25, -0.2) is 14.2 Å². The maximum absolute atomic E-state index is 13.7. The first-order valence-corrected chi connectivity index (χ1v) is 11.8. The molecule has 1 aliphatic rings. The first-order valence-electron chi connectivity index (χ1n) is 11.0. The molecule has 35 heavy (non-hydrogen) atoms. The van der Waals surface area contributed by atoms with E-state index in [1.807, 2.05) is 30.3 Å². The molecule has 1 N–H and O–H groups in total. The second-order valence-electron chi connectivity index (χ2n) is 7.92. The van der Waals surface area contributed by atoms with Gasteiger partial charge in [0.2, 0.25) is 0 Å². The standard InChI is InChI=1S/C26H21FN4O3S/c1-3-34-25(33)21-15(2)29-26-31(23(21)17-9-11-19(27)12-10-17)24(32)20(35-26)13-18-14-28-30-22(18)16-7-5-4-6-8-16/h4-14,23H,3H2,1-2H3,(H,28,30)/b20-13+. The number of allylic oxidation sites excluding steroid dienone is 1. The zero-order valence-corrected chi connectivity index (χ0v) is 19.8. The van der Waals surface area contributed by atoms with E-state index in [-0.39, 0.29) is 17.7 Å². The average Bonchev–Trinajstić information content (AvgIpc) is 3.44. The number of ether oxygens (including phenoxy) is 1. The smallest absolute Gasteiger partial charge is 0.338 e. The lowest BCUT2D eigenvalue weighted by molar-refractivity contribution is -0.139. The van der Waals surface area contributed by atoms with E-state index in [2.05, 4.69) is 15.2 Å². The van der Waals surface area contributed by atoms with Crippen molar-refractivity contribution >= 4 is 23.4 Å². The molecule has 0 saturated carbocycles. The minimum absolute atomic E-state index is 0.179. The van der Waals surface area contributed by atoms with Gasteiger partial charge in [0, 0.05) is 11.1 Å². The van der Waals surface area contributed by atoms with Crippen molar-refractivity contribution in [3.05, 3.63) is 109 Å². The molecule has 0 spiro atoms. The summed E-state index contributed by atoms with van der Waals surface area (Å²) in [5, 5.41) is 7.15. The van der Waals surface area contributed by atoms with Crippen molar-refractivity contribution in [1.29, 1.82) is 0 Å². The van der Waals surface area contributed by atoms with Crippen LogP contribution < -0.4 is 14.9 Å². The van der Waals surface area contributed by atoms with E-state index in [0.717, 1.165) is 16.8 Å². The highest BCUT2D eigenvalue weighted by Gasteiger charge is 2.33. The van der Waals surface area contributed by atoms with Crippen LogP contribution >= 0.6 is 11.3 Å². The van der Waals surface area contributed by atoms with Gasteiger partial charge in [0.25, 0.3) is 5.56 Å². The fraction of sp³-hybridized carbons (Fsp3) is 0.154. The average molecular weight is 489 g/mol. The summed E-state index contributed by atoms with van der Waals surface area (Å²) in [6.45, 7) is 3.60. The van der Waals surface area contributed by atoms with E-state index in [4.69, 9.17) is 4.74 Å². The number of rotatable bonds is 5. The summed E-state index contributed by atoms with van der Waals surface area (Å²) in [6, 6.07) is 14.7. The molecular weight excluding hydrogens is 467 g/mol. The molecule has 1 unspecified atom stereocenters. The fourth-order valence-electron chi connectivity index (χ4n) is 4.13. The number of benzene rings is 2. The van der Waals surface area contributed by atoms with Crippen molar-refractivity contribution in [1.82, 2.24) is 14.8 Å². The Bertz CT molecular complexity index is 1620. The van der Waals surface area contributed by atoms with Gasteiger partial charge < -0.3 is 4.74 Å². The van der Waals surface area contributed by atoms with Crippen LogP contribution in [0.2, 0.25) is 0 Å². The molecule has 0 amide bonds. The number of nitrogens with zero attached hydrogens (tertiary/aromatic N) is 3. The van der Waals surface area contributed by atoms with E-state index >= 15 is 0 Å². The van der Waals surface area contributed by atoms with Crippen molar-refractivity contribution in [3.63, 3.8) is 0 Å². The van der Waals surface area contributed by atoms with Crippen molar-refractivity contribution in [3.8, 4) is 11.3 Å². The Morgan fingerprint density at radius 2 is 1.94 bits per heavy atom. The van der Waals surface area contributed by atoms with Crippen LogP contribution in [0.4, 0.5) is 4.39 Å². The number of hydrogen-bond donors (Lipinski definition) is 1. The molecule has 1 aliphatic heterocycles. The quantitative estimate of drug-likeness (QED) is 0.437. The summed E-state index contributed by atoms with van der Waals surface area (Å²) in [5.74, 6) is -0.966. The molecular formula is C26H21FN4O3S. The van der Waals surface area contributed by atoms with Gasteiger partial charge in [-0.3, -0.25) is 14.5 Å². The van der Waals surface area contributed by atoms with Gasteiger partial charge in [-0.05, 0) is 37.6 Å². The number of thiazole rings is 1. The molecule has 0 radical (unpaired) electrons. The van der Waals surface area contributed by atoms with Crippen LogP contribution in [0.25, 0.3) is 17.3 Å². The molecule has 9 heteroatoms. The maximum Gasteiger partial charge on any atom is 0.338 e. The van der Waals surface area contributed by atoms with Gasteiger partial charge in [0.05, 0.1) is 40.3 Å². The van der Waals surface area contributed by atoms with E-state index < -0.39 is 17.8 Å². The third kappa shape index (κ3) is 4.15. The number of H-pyrrole nitrogens is 1. The molecule has 7 nitrogen and oxygen atoms in total. The normalized spacial score (nSPS) is 15.6. The minimum Gasteiger partial charge on any atom is -0.463 e. The number of nitrogens with one attached hydrogen (secondary N) is 1. The Balaban J connectivity index is 1.70. The molecule has 1 atom stereocenters. The molecule has 0 aliphatic carbocycles. The highest BCUT2D eigenvalue weighted by Crippen LogP contribution is 2.30. The predicted molar refractivity (Wildman–Crippen MR) is 131 cm³/mol. The summed E-state index contributed by atoms with van der Waals surface area (Å²) in [4.78, 5) is 31.6. The zero-order valence-electron chi connectivity index (χ0n) is 19.0. The third-order valence-corrected chi connectivity index (χ3v) is 6.70. The molecule has 4 aromatic rings. The van der Waals surface area contributed by atoms with Crippen molar-refractivity contribution in [2.45, 2.75) is 19.9 Å². The lowest BCUT2D eigenvalue weighted by Gasteiger charge is -2.24. The van der Waals surface area contributed by atoms with Crippen LogP contribution in [0.15, 0.2) is 81.9 Å². The van der Waals surface area contributed by atoms with Crippen molar-refractivity contribution in [2.24, 2.45) is 4.99 Å². The molecule has 0 fully saturated rings. The van der Waals surface area contributed by atoms with Crippen LogP contribution in [0.5, 0.6) is 0 Å². The largest absolute Gasteiger partial charge is 0.463 e. The lowest BCUT2D eigenvalue weighted by Crippen LogP contribution is -2.39. The molecule has 5 rings (SSSR count). The first-order chi connectivity index (χ1) is 17.0. The molecule has 0 saturated heterocycles. The zero-order chi connectivity index (χ0) is 24.5. The number of carbonyl (C=O) groups excluding carboxylic acids is 1. The van der Waals surface area contributed by atoms with Gasteiger partial charge in [-0.1, -0.05) is 53.8 Å².